The highest BCUT2D eigenvalue weighted by molar-refractivity contribution is 7.92. The van der Waals surface area contributed by atoms with Gasteiger partial charge in [0.05, 0.1) is 5.25 Å². The van der Waals surface area contributed by atoms with E-state index in [1.54, 1.807) is 13.8 Å². The maximum atomic E-state index is 11.4. The van der Waals surface area contributed by atoms with Crippen LogP contribution in [0.4, 0.5) is 0 Å². The summed E-state index contributed by atoms with van der Waals surface area (Å²) >= 11 is 0. The standard InChI is InChI=1S/C8H17NO2S/c1-3-12(10,11)6(2)8(9)7-4-5-7/h6-8H,3-5,9H2,1-2H3/t6-,8+/m1/s1. The third kappa shape index (κ3) is 1.98. The van der Waals surface area contributed by atoms with Crippen LogP contribution in [-0.2, 0) is 9.84 Å². The predicted octanol–water partition coefficient (Wildman–Crippen LogP) is 0.547. The lowest BCUT2D eigenvalue weighted by Crippen LogP contribution is -2.40. The van der Waals surface area contributed by atoms with Gasteiger partial charge in [-0.25, -0.2) is 8.42 Å². The van der Waals surface area contributed by atoms with Crippen molar-refractivity contribution >= 4 is 9.84 Å². The summed E-state index contributed by atoms with van der Waals surface area (Å²) in [6, 6.07) is -0.144. The molecule has 0 radical (unpaired) electrons. The predicted molar refractivity (Wildman–Crippen MR) is 49.6 cm³/mol. The van der Waals surface area contributed by atoms with Crippen LogP contribution in [0.15, 0.2) is 0 Å². The Balaban J connectivity index is 2.62. The molecule has 1 fully saturated rings. The van der Waals surface area contributed by atoms with Crippen molar-refractivity contribution in [2.45, 2.75) is 38.0 Å². The molecule has 12 heavy (non-hydrogen) atoms. The lowest BCUT2D eigenvalue weighted by Gasteiger charge is -2.18. The highest BCUT2D eigenvalue weighted by Crippen LogP contribution is 2.34. The Morgan fingerprint density at radius 1 is 1.50 bits per heavy atom. The molecule has 0 aromatic heterocycles. The zero-order valence-electron chi connectivity index (χ0n) is 7.66. The maximum Gasteiger partial charge on any atom is 0.154 e. The summed E-state index contributed by atoms with van der Waals surface area (Å²) in [4.78, 5) is 0. The Kier molecular flexibility index (Phi) is 2.78. The second-order valence-electron chi connectivity index (χ2n) is 3.57. The SMILES string of the molecule is CCS(=O)(=O)[C@H](C)[C@H](N)C1CC1. The lowest BCUT2D eigenvalue weighted by atomic mass is 10.1. The molecule has 0 aromatic carbocycles. The fourth-order valence-corrected chi connectivity index (χ4v) is 2.59. The zero-order chi connectivity index (χ0) is 9.35. The van der Waals surface area contributed by atoms with Gasteiger partial charge in [-0.1, -0.05) is 6.92 Å². The van der Waals surface area contributed by atoms with Gasteiger partial charge >= 0.3 is 0 Å². The second kappa shape index (κ2) is 3.34. The molecule has 0 spiro atoms. The van der Waals surface area contributed by atoms with Gasteiger partial charge in [0.15, 0.2) is 9.84 Å². The average Bonchev–Trinajstić information content (AvgIpc) is 2.84. The molecular weight excluding hydrogens is 174 g/mol. The Bertz CT molecular complexity index is 244. The van der Waals surface area contributed by atoms with E-state index in [4.69, 9.17) is 5.73 Å². The van der Waals surface area contributed by atoms with Gasteiger partial charge < -0.3 is 5.73 Å². The molecule has 0 saturated heterocycles. The van der Waals surface area contributed by atoms with Crippen LogP contribution >= 0.6 is 0 Å². The van der Waals surface area contributed by atoms with Crippen LogP contribution in [0.2, 0.25) is 0 Å². The summed E-state index contributed by atoms with van der Waals surface area (Å²) in [5.74, 6) is 0.663. The van der Waals surface area contributed by atoms with Crippen molar-refractivity contribution in [3.05, 3.63) is 0 Å². The van der Waals surface area contributed by atoms with Gasteiger partial charge in [0.2, 0.25) is 0 Å². The molecule has 0 aromatic rings. The van der Waals surface area contributed by atoms with Gasteiger partial charge in [0.25, 0.3) is 0 Å². The Labute approximate surface area is 74.3 Å². The molecule has 2 N–H and O–H groups in total. The van der Waals surface area contributed by atoms with Gasteiger partial charge in [0, 0.05) is 11.8 Å². The molecular formula is C8H17NO2S. The van der Waals surface area contributed by atoms with Crippen LogP contribution in [-0.4, -0.2) is 25.5 Å². The van der Waals surface area contributed by atoms with Crippen LogP contribution < -0.4 is 5.73 Å². The molecule has 1 aliphatic rings. The first-order chi connectivity index (χ1) is 5.49. The van der Waals surface area contributed by atoms with Crippen LogP contribution in [0.5, 0.6) is 0 Å². The topological polar surface area (TPSA) is 60.2 Å². The molecule has 0 aliphatic heterocycles. The first-order valence-corrected chi connectivity index (χ1v) is 6.17. The first kappa shape index (κ1) is 9.99. The van der Waals surface area contributed by atoms with E-state index in [2.05, 4.69) is 0 Å². The zero-order valence-corrected chi connectivity index (χ0v) is 8.47. The van der Waals surface area contributed by atoms with E-state index >= 15 is 0 Å². The fourth-order valence-electron chi connectivity index (χ4n) is 1.37. The van der Waals surface area contributed by atoms with E-state index in [9.17, 15) is 8.42 Å². The minimum absolute atomic E-state index is 0.144. The molecule has 2 atom stereocenters. The third-order valence-electron chi connectivity index (χ3n) is 2.68. The van der Waals surface area contributed by atoms with E-state index in [-0.39, 0.29) is 17.0 Å². The molecule has 0 heterocycles. The monoisotopic (exact) mass is 191 g/mol. The van der Waals surface area contributed by atoms with Crippen molar-refractivity contribution in [2.24, 2.45) is 11.7 Å². The number of hydrogen-bond acceptors (Lipinski definition) is 3. The number of sulfone groups is 1. The minimum Gasteiger partial charge on any atom is -0.326 e. The second-order valence-corrected chi connectivity index (χ2v) is 6.22. The van der Waals surface area contributed by atoms with Crippen LogP contribution in [0.25, 0.3) is 0 Å². The quantitative estimate of drug-likeness (QED) is 0.706. The first-order valence-electron chi connectivity index (χ1n) is 4.46. The summed E-state index contributed by atoms with van der Waals surface area (Å²) in [7, 11) is -2.93. The van der Waals surface area contributed by atoms with Gasteiger partial charge in [-0.3, -0.25) is 0 Å². The number of nitrogens with two attached hydrogens (primary N) is 1. The summed E-state index contributed by atoms with van der Waals surface area (Å²) in [5, 5.41) is -0.366. The van der Waals surface area contributed by atoms with Crippen LogP contribution in [0.1, 0.15) is 26.7 Å². The van der Waals surface area contributed by atoms with Crippen molar-refractivity contribution in [1.82, 2.24) is 0 Å². The van der Waals surface area contributed by atoms with Crippen molar-refractivity contribution in [3.8, 4) is 0 Å². The van der Waals surface area contributed by atoms with Gasteiger partial charge in [0.1, 0.15) is 0 Å². The lowest BCUT2D eigenvalue weighted by molar-refractivity contribution is 0.532. The minimum atomic E-state index is -2.93. The van der Waals surface area contributed by atoms with E-state index < -0.39 is 9.84 Å². The van der Waals surface area contributed by atoms with E-state index in [1.165, 1.54) is 0 Å². The molecule has 4 heteroatoms. The van der Waals surface area contributed by atoms with Crippen molar-refractivity contribution in [3.63, 3.8) is 0 Å². The van der Waals surface area contributed by atoms with Crippen molar-refractivity contribution in [1.29, 1.82) is 0 Å². The maximum absolute atomic E-state index is 11.4. The van der Waals surface area contributed by atoms with Gasteiger partial charge in [-0.15, -0.1) is 0 Å². The van der Waals surface area contributed by atoms with Crippen molar-refractivity contribution < 1.29 is 8.42 Å². The van der Waals surface area contributed by atoms with E-state index in [0.717, 1.165) is 12.8 Å². The van der Waals surface area contributed by atoms with Crippen LogP contribution in [0.3, 0.4) is 0 Å². The smallest absolute Gasteiger partial charge is 0.154 e. The summed E-state index contributed by atoms with van der Waals surface area (Å²) in [6.07, 6.45) is 2.20. The van der Waals surface area contributed by atoms with Gasteiger partial charge in [-0.05, 0) is 25.7 Å². The molecule has 1 saturated carbocycles. The molecule has 3 nitrogen and oxygen atoms in total. The summed E-state index contributed by atoms with van der Waals surface area (Å²) in [6.45, 7) is 3.40. The molecule has 1 aliphatic carbocycles. The molecule has 0 amide bonds. The molecule has 72 valence electrons. The Morgan fingerprint density at radius 2 is 2.00 bits per heavy atom. The third-order valence-corrected chi connectivity index (χ3v) is 4.93. The molecule has 1 rings (SSSR count). The largest absolute Gasteiger partial charge is 0.326 e. The Hall–Kier alpha value is -0.0900. The summed E-state index contributed by atoms with van der Waals surface area (Å²) < 4.78 is 22.8. The van der Waals surface area contributed by atoms with Crippen molar-refractivity contribution in [2.75, 3.05) is 5.75 Å². The van der Waals surface area contributed by atoms with Gasteiger partial charge in [-0.2, -0.15) is 0 Å². The number of hydrogen-bond donors (Lipinski definition) is 1. The van der Waals surface area contributed by atoms with E-state index in [0.29, 0.717) is 5.92 Å². The number of rotatable bonds is 4. The molecule has 0 unspecified atom stereocenters. The normalized spacial score (nSPS) is 23.6. The van der Waals surface area contributed by atoms with Crippen LogP contribution in [0, 0.1) is 5.92 Å². The fraction of sp³-hybridized carbons (Fsp3) is 1.00. The Morgan fingerprint density at radius 3 is 2.33 bits per heavy atom. The highest BCUT2D eigenvalue weighted by atomic mass is 32.2. The molecule has 0 bridgehead atoms. The highest BCUT2D eigenvalue weighted by Gasteiger charge is 2.36. The average molecular weight is 191 g/mol. The summed E-state index contributed by atoms with van der Waals surface area (Å²) in [5.41, 5.74) is 5.81. The van der Waals surface area contributed by atoms with E-state index in [1.807, 2.05) is 0 Å².